The minimum atomic E-state index is -0.231. The summed E-state index contributed by atoms with van der Waals surface area (Å²) in [5.41, 5.74) is 0.760. The average molecular weight is 343 g/mol. The fraction of sp³-hybridized carbons (Fsp3) is 0.235. The Hall–Kier alpha value is -2.78. The molecule has 1 saturated heterocycles. The van der Waals surface area contributed by atoms with Crippen LogP contribution in [0, 0.1) is 11.3 Å². The largest absolute Gasteiger partial charge is 0.507 e. The van der Waals surface area contributed by atoms with Crippen molar-refractivity contribution < 1.29 is 9.90 Å². The van der Waals surface area contributed by atoms with Crippen LogP contribution < -0.4 is 4.90 Å². The Morgan fingerprint density at radius 1 is 1.25 bits per heavy atom. The highest BCUT2D eigenvalue weighted by atomic mass is 35.5. The number of nitrogens with zero attached hydrogens (tertiary/aromatic N) is 4. The van der Waals surface area contributed by atoms with Gasteiger partial charge in [0.25, 0.3) is 5.91 Å². The molecule has 2 aromatic rings. The van der Waals surface area contributed by atoms with Crippen molar-refractivity contribution in [3.8, 4) is 11.8 Å². The van der Waals surface area contributed by atoms with E-state index in [1.54, 1.807) is 29.3 Å². The molecule has 0 spiro atoms. The number of aromatic hydroxyl groups is 1. The third kappa shape index (κ3) is 3.12. The van der Waals surface area contributed by atoms with Crippen LogP contribution in [0.3, 0.4) is 0 Å². The maximum atomic E-state index is 12.5. The first kappa shape index (κ1) is 16.1. The Kier molecular flexibility index (Phi) is 4.54. The van der Waals surface area contributed by atoms with Crippen LogP contribution in [0.5, 0.6) is 5.75 Å². The number of hydrogen-bond acceptors (Lipinski definition) is 5. The number of hydrogen-bond donors (Lipinski definition) is 1. The minimum absolute atomic E-state index is 0.119. The van der Waals surface area contributed by atoms with Gasteiger partial charge in [0, 0.05) is 37.4 Å². The second-order valence-electron chi connectivity index (χ2n) is 5.43. The van der Waals surface area contributed by atoms with Crippen LogP contribution in [-0.2, 0) is 0 Å². The number of halogens is 1. The number of nitriles is 1. The summed E-state index contributed by atoms with van der Waals surface area (Å²) in [6.07, 6.45) is 1.65. The van der Waals surface area contributed by atoms with Gasteiger partial charge in [-0.2, -0.15) is 5.26 Å². The van der Waals surface area contributed by atoms with E-state index in [0.717, 1.165) is 0 Å². The van der Waals surface area contributed by atoms with Crippen molar-refractivity contribution >= 4 is 23.3 Å². The summed E-state index contributed by atoms with van der Waals surface area (Å²) in [5.74, 6) is 0.290. The third-order valence-corrected chi connectivity index (χ3v) is 4.20. The lowest BCUT2D eigenvalue weighted by Crippen LogP contribution is -2.49. The van der Waals surface area contributed by atoms with Gasteiger partial charge >= 0.3 is 0 Å². The molecule has 1 aliphatic rings. The van der Waals surface area contributed by atoms with E-state index in [1.165, 1.54) is 12.1 Å². The van der Waals surface area contributed by atoms with Gasteiger partial charge < -0.3 is 14.9 Å². The second-order valence-corrected chi connectivity index (χ2v) is 5.86. The van der Waals surface area contributed by atoms with Gasteiger partial charge in [-0.3, -0.25) is 4.79 Å². The summed E-state index contributed by atoms with van der Waals surface area (Å²) in [7, 11) is 0. The molecule has 1 N–H and O–H groups in total. The molecule has 0 bridgehead atoms. The van der Waals surface area contributed by atoms with Crippen molar-refractivity contribution in [3.63, 3.8) is 0 Å². The number of carbonyl (C=O) groups is 1. The normalized spacial score (nSPS) is 14.3. The molecule has 1 aliphatic heterocycles. The van der Waals surface area contributed by atoms with Crippen molar-refractivity contribution in [3.05, 3.63) is 52.7 Å². The number of phenolic OH excluding ortho intramolecular Hbond substituents is 1. The molecule has 122 valence electrons. The number of phenols is 1. The van der Waals surface area contributed by atoms with Gasteiger partial charge in [0.1, 0.15) is 17.6 Å². The predicted molar refractivity (Wildman–Crippen MR) is 90.2 cm³/mol. The number of amides is 1. The topological polar surface area (TPSA) is 80.5 Å². The fourth-order valence-corrected chi connectivity index (χ4v) is 2.88. The van der Waals surface area contributed by atoms with Crippen LogP contribution in [0.1, 0.15) is 15.9 Å². The first-order valence-corrected chi connectivity index (χ1v) is 7.86. The molecule has 2 heterocycles. The molecule has 24 heavy (non-hydrogen) atoms. The zero-order valence-corrected chi connectivity index (χ0v) is 13.6. The molecule has 0 saturated carbocycles. The zero-order chi connectivity index (χ0) is 17.1. The highest BCUT2D eigenvalue weighted by Gasteiger charge is 2.25. The lowest BCUT2D eigenvalue weighted by molar-refractivity contribution is 0.0743. The average Bonchev–Trinajstić information content (AvgIpc) is 2.61. The van der Waals surface area contributed by atoms with Crippen LogP contribution in [0.15, 0.2) is 36.5 Å². The summed E-state index contributed by atoms with van der Waals surface area (Å²) in [4.78, 5) is 20.5. The zero-order valence-electron chi connectivity index (χ0n) is 12.8. The number of piperazine rings is 1. The van der Waals surface area contributed by atoms with E-state index in [2.05, 4.69) is 11.1 Å². The maximum Gasteiger partial charge on any atom is 0.257 e. The van der Waals surface area contributed by atoms with Gasteiger partial charge in [-0.05, 0) is 30.3 Å². The lowest BCUT2D eigenvalue weighted by Gasteiger charge is -2.35. The van der Waals surface area contributed by atoms with Crippen molar-refractivity contribution in [2.75, 3.05) is 31.1 Å². The first-order chi connectivity index (χ1) is 11.6. The lowest BCUT2D eigenvalue weighted by atomic mass is 10.1. The highest BCUT2D eigenvalue weighted by Crippen LogP contribution is 2.24. The summed E-state index contributed by atoms with van der Waals surface area (Å²) in [6.45, 7) is 2.13. The summed E-state index contributed by atoms with van der Waals surface area (Å²) in [6, 6.07) is 10.1. The summed E-state index contributed by atoms with van der Waals surface area (Å²) < 4.78 is 0. The number of aromatic nitrogens is 1. The SMILES string of the molecule is N#Cc1cccnc1N1CCN(C(=O)c2ccc(Cl)cc2O)CC1. The van der Waals surface area contributed by atoms with E-state index in [9.17, 15) is 15.2 Å². The van der Waals surface area contributed by atoms with Gasteiger partial charge in [-0.1, -0.05) is 11.6 Å². The Balaban J connectivity index is 1.71. The molecule has 6 nitrogen and oxygen atoms in total. The van der Waals surface area contributed by atoms with Gasteiger partial charge in [-0.25, -0.2) is 4.98 Å². The molecule has 0 radical (unpaired) electrons. The smallest absolute Gasteiger partial charge is 0.257 e. The van der Waals surface area contributed by atoms with Crippen LogP contribution in [0.2, 0.25) is 5.02 Å². The van der Waals surface area contributed by atoms with Crippen LogP contribution in [0.25, 0.3) is 0 Å². The Labute approximate surface area is 144 Å². The number of anilines is 1. The van der Waals surface area contributed by atoms with Gasteiger partial charge in [-0.15, -0.1) is 0 Å². The molecule has 0 atom stereocenters. The van der Waals surface area contributed by atoms with Crippen LogP contribution in [0.4, 0.5) is 5.82 Å². The van der Waals surface area contributed by atoms with E-state index in [-0.39, 0.29) is 17.2 Å². The molecule has 7 heteroatoms. The second kappa shape index (κ2) is 6.77. The molecule has 0 unspecified atom stereocenters. The van der Waals surface area contributed by atoms with Crippen molar-refractivity contribution in [1.29, 1.82) is 5.26 Å². The van der Waals surface area contributed by atoms with Crippen molar-refractivity contribution in [2.24, 2.45) is 0 Å². The van der Waals surface area contributed by atoms with Gasteiger partial charge in [0.05, 0.1) is 11.1 Å². The molecular formula is C17H15ClN4O2. The number of carbonyl (C=O) groups excluding carboxylic acids is 1. The molecule has 1 fully saturated rings. The quantitative estimate of drug-likeness (QED) is 0.905. The standard InChI is InChI=1S/C17H15ClN4O2/c18-13-3-4-14(15(23)10-13)17(24)22-8-6-21(7-9-22)16-12(11-19)2-1-5-20-16/h1-5,10,23H,6-9H2. The Morgan fingerprint density at radius 3 is 2.67 bits per heavy atom. The van der Waals surface area contributed by atoms with E-state index in [4.69, 9.17) is 11.6 Å². The fourth-order valence-electron chi connectivity index (χ4n) is 2.71. The highest BCUT2D eigenvalue weighted by molar-refractivity contribution is 6.30. The Morgan fingerprint density at radius 2 is 2.00 bits per heavy atom. The van der Waals surface area contributed by atoms with E-state index < -0.39 is 0 Å². The summed E-state index contributed by atoms with van der Waals surface area (Å²) in [5, 5.41) is 19.5. The molecule has 1 amide bonds. The summed E-state index contributed by atoms with van der Waals surface area (Å²) >= 11 is 5.80. The van der Waals surface area contributed by atoms with Crippen LogP contribution >= 0.6 is 11.6 Å². The first-order valence-electron chi connectivity index (χ1n) is 7.48. The predicted octanol–water partition coefficient (Wildman–Crippen LogP) is 2.27. The van der Waals surface area contributed by atoms with Gasteiger partial charge in [0.15, 0.2) is 0 Å². The van der Waals surface area contributed by atoms with Gasteiger partial charge in [0.2, 0.25) is 0 Å². The van der Waals surface area contributed by atoms with Crippen LogP contribution in [-0.4, -0.2) is 47.1 Å². The van der Waals surface area contributed by atoms with Crippen molar-refractivity contribution in [2.45, 2.75) is 0 Å². The van der Waals surface area contributed by atoms with E-state index >= 15 is 0 Å². The number of benzene rings is 1. The van der Waals surface area contributed by atoms with Crippen molar-refractivity contribution in [1.82, 2.24) is 9.88 Å². The molecule has 3 rings (SSSR count). The van der Waals surface area contributed by atoms with E-state index in [1.807, 2.05) is 4.90 Å². The van der Waals surface area contributed by atoms with E-state index in [0.29, 0.717) is 42.6 Å². The monoisotopic (exact) mass is 342 g/mol. The number of rotatable bonds is 2. The molecule has 0 aliphatic carbocycles. The minimum Gasteiger partial charge on any atom is -0.507 e. The molecular weight excluding hydrogens is 328 g/mol. The molecule has 1 aromatic heterocycles. The number of pyridine rings is 1. The Bertz CT molecular complexity index is 810. The molecule has 1 aromatic carbocycles. The third-order valence-electron chi connectivity index (χ3n) is 3.96. The maximum absolute atomic E-state index is 12.5.